The summed E-state index contributed by atoms with van der Waals surface area (Å²) in [6.45, 7) is 6.50. The van der Waals surface area contributed by atoms with Gasteiger partial charge in [-0.15, -0.1) is 0 Å². The Labute approximate surface area is 171 Å². The number of hydrogen-bond acceptors (Lipinski definition) is 2. The van der Waals surface area contributed by atoms with Gasteiger partial charge >= 0.3 is 0 Å². The van der Waals surface area contributed by atoms with Crippen LogP contribution >= 0.6 is 11.6 Å². The molecule has 3 nitrogen and oxygen atoms in total. The number of nitrogens with one attached hydrogen (secondary N) is 1. The number of rotatable bonds is 6. The van der Waals surface area contributed by atoms with Crippen molar-refractivity contribution in [2.75, 3.05) is 0 Å². The van der Waals surface area contributed by atoms with E-state index in [1.54, 1.807) is 18.2 Å². The lowest BCUT2D eigenvalue weighted by Crippen LogP contribution is -2.27. The Balaban J connectivity index is 1.76. The first-order valence-corrected chi connectivity index (χ1v) is 9.66. The van der Waals surface area contributed by atoms with Gasteiger partial charge in [0.05, 0.1) is 11.6 Å². The molecule has 0 spiro atoms. The van der Waals surface area contributed by atoms with Gasteiger partial charge in [-0.25, -0.2) is 0 Å². The predicted octanol–water partition coefficient (Wildman–Crippen LogP) is 6.03. The molecule has 0 saturated carbocycles. The molecule has 3 aromatic carbocycles. The monoisotopic (exact) mass is 393 g/mol. The van der Waals surface area contributed by atoms with Gasteiger partial charge in [-0.3, -0.25) is 4.79 Å². The Kier molecular flexibility index (Phi) is 6.37. The molecule has 0 heterocycles. The first-order chi connectivity index (χ1) is 13.4. The van der Waals surface area contributed by atoms with E-state index in [0.717, 1.165) is 11.1 Å². The van der Waals surface area contributed by atoms with E-state index in [1.807, 2.05) is 43.3 Å². The molecule has 1 atom stereocenters. The molecule has 0 radical (unpaired) electrons. The highest BCUT2D eigenvalue weighted by Gasteiger charge is 2.17. The third-order valence-corrected chi connectivity index (χ3v) is 5.04. The SMILES string of the molecule is Cc1ccc([C@@H](C)NC(=O)c2cc(Cl)ccc2OCc2ccccc2)cc1C. The van der Waals surface area contributed by atoms with E-state index in [9.17, 15) is 4.79 Å². The minimum atomic E-state index is -0.212. The van der Waals surface area contributed by atoms with Crippen LogP contribution in [0.1, 0.15) is 45.6 Å². The molecule has 28 heavy (non-hydrogen) atoms. The Morgan fingerprint density at radius 3 is 2.46 bits per heavy atom. The fraction of sp³-hybridized carbons (Fsp3) is 0.208. The Morgan fingerprint density at radius 1 is 1.00 bits per heavy atom. The van der Waals surface area contributed by atoms with Gasteiger partial charge in [-0.1, -0.05) is 60.1 Å². The molecule has 1 amide bonds. The standard InChI is InChI=1S/C24H24ClNO2/c1-16-9-10-20(13-17(16)2)18(3)26-24(27)22-14-21(25)11-12-23(22)28-15-19-7-5-4-6-8-19/h4-14,18H,15H2,1-3H3,(H,26,27)/t18-/m1/s1. The maximum atomic E-state index is 12.9. The smallest absolute Gasteiger partial charge is 0.255 e. The highest BCUT2D eigenvalue weighted by atomic mass is 35.5. The number of carbonyl (C=O) groups excluding carboxylic acids is 1. The number of benzene rings is 3. The lowest BCUT2D eigenvalue weighted by atomic mass is 10.0. The minimum Gasteiger partial charge on any atom is -0.488 e. The zero-order chi connectivity index (χ0) is 20.1. The summed E-state index contributed by atoms with van der Waals surface area (Å²) in [7, 11) is 0. The highest BCUT2D eigenvalue weighted by Crippen LogP contribution is 2.25. The molecule has 0 aliphatic rings. The predicted molar refractivity (Wildman–Crippen MR) is 114 cm³/mol. The summed E-state index contributed by atoms with van der Waals surface area (Å²) < 4.78 is 5.90. The largest absolute Gasteiger partial charge is 0.488 e. The zero-order valence-corrected chi connectivity index (χ0v) is 17.1. The average molecular weight is 394 g/mol. The van der Waals surface area contributed by atoms with Gasteiger partial charge in [0, 0.05) is 5.02 Å². The van der Waals surface area contributed by atoms with Crippen molar-refractivity contribution in [3.8, 4) is 5.75 Å². The first kappa shape index (κ1) is 20.0. The van der Waals surface area contributed by atoms with Crippen molar-refractivity contribution in [1.82, 2.24) is 5.32 Å². The maximum Gasteiger partial charge on any atom is 0.255 e. The van der Waals surface area contributed by atoms with Crippen LogP contribution in [0.4, 0.5) is 0 Å². The van der Waals surface area contributed by atoms with Gasteiger partial charge in [0.15, 0.2) is 0 Å². The molecule has 0 aliphatic heterocycles. The van der Waals surface area contributed by atoms with Crippen LogP contribution in [-0.4, -0.2) is 5.91 Å². The Bertz CT molecular complexity index is 970. The van der Waals surface area contributed by atoms with Crippen molar-refractivity contribution in [2.24, 2.45) is 0 Å². The third-order valence-electron chi connectivity index (χ3n) is 4.80. The lowest BCUT2D eigenvalue weighted by Gasteiger charge is -2.17. The molecule has 3 aromatic rings. The van der Waals surface area contributed by atoms with E-state index < -0.39 is 0 Å². The van der Waals surface area contributed by atoms with Crippen LogP contribution in [0.2, 0.25) is 5.02 Å². The van der Waals surface area contributed by atoms with Crippen molar-refractivity contribution < 1.29 is 9.53 Å². The van der Waals surface area contributed by atoms with Gasteiger partial charge in [-0.05, 0) is 61.2 Å². The molecule has 1 N–H and O–H groups in total. The fourth-order valence-electron chi connectivity index (χ4n) is 2.93. The molecule has 3 rings (SSSR count). The molecule has 0 unspecified atom stereocenters. The number of aryl methyl sites for hydroxylation is 2. The summed E-state index contributed by atoms with van der Waals surface area (Å²) in [5.74, 6) is 0.300. The second-order valence-corrected chi connectivity index (χ2v) is 7.39. The summed E-state index contributed by atoms with van der Waals surface area (Å²) >= 11 is 6.13. The molecule has 0 aliphatic carbocycles. The van der Waals surface area contributed by atoms with Crippen LogP contribution in [0, 0.1) is 13.8 Å². The zero-order valence-electron chi connectivity index (χ0n) is 16.3. The van der Waals surface area contributed by atoms with Gasteiger partial charge in [-0.2, -0.15) is 0 Å². The highest BCUT2D eigenvalue weighted by molar-refractivity contribution is 6.31. The first-order valence-electron chi connectivity index (χ1n) is 9.28. The van der Waals surface area contributed by atoms with Crippen molar-refractivity contribution in [3.63, 3.8) is 0 Å². The summed E-state index contributed by atoms with van der Waals surface area (Å²) in [5.41, 5.74) is 4.96. The summed E-state index contributed by atoms with van der Waals surface area (Å²) in [6.07, 6.45) is 0. The van der Waals surface area contributed by atoms with Crippen molar-refractivity contribution in [1.29, 1.82) is 0 Å². The minimum absolute atomic E-state index is 0.132. The Morgan fingerprint density at radius 2 is 1.75 bits per heavy atom. The van der Waals surface area contributed by atoms with E-state index >= 15 is 0 Å². The second kappa shape index (κ2) is 8.94. The molecule has 0 fully saturated rings. The van der Waals surface area contributed by atoms with Gasteiger partial charge < -0.3 is 10.1 Å². The van der Waals surface area contributed by atoms with E-state index in [0.29, 0.717) is 22.9 Å². The molecule has 144 valence electrons. The number of carbonyl (C=O) groups is 1. The molecular weight excluding hydrogens is 370 g/mol. The molecule has 4 heteroatoms. The van der Waals surface area contributed by atoms with Crippen molar-refractivity contribution in [3.05, 3.63) is 99.6 Å². The van der Waals surface area contributed by atoms with Crippen LogP contribution in [0.3, 0.4) is 0 Å². The van der Waals surface area contributed by atoms with E-state index in [4.69, 9.17) is 16.3 Å². The fourth-order valence-corrected chi connectivity index (χ4v) is 3.10. The average Bonchev–Trinajstić information content (AvgIpc) is 2.69. The van der Waals surface area contributed by atoms with Crippen molar-refractivity contribution >= 4 is 17.5 Å². The molecule has 0 bridgehead atoms. The van der Waals surface area contributed by atoms with Crippen LogP contribution in [0.25, 0.3) is 0 Å². The van der Waals surface area contributed by atoms with Crippen LogP contribution < -0.4 is 10.1 Å². The molecule has 0 saturated heterocycles. The maximum absolute atomic E-state index is 12.9. The molecular formula is C24H24ClNO2. The van der Waals surface area contributed by atoms with Crippen LogP contribution in [-0.2, 0) is 6.61 Å². The topological polar surface area (TPSA) is 38.3 Å². The Hall–Kier alpha value is -2.78. The number of amides is 1. The summed E-state index contributed by atoms with van der Waals surface area (Å²) in [5, 5.41) is 3.54. The van der Waals surface area contributed by atoms with E-state index in [2.05, 4.69) is 31.3 Å². The quantitative estimate of drug-likeness (QED) is 0.555. The lowest BCUT2D eigenvalue weighted by molar-refractivity contribution is 0.0935. The number of ether oxygens (including phenoxy) is 1. The summed E-state index contributed by atoms with van der Waals surface area (Å²) in [6, 6.07) is 21.0. The normalized spacial score (nSPS) is 11.7. The summed E-state index contributed by atoms with van der Waals surface area (Å²) in [4.78, 5) is 12.9. The van der Waals surface area contributed by atoms with Crippen molar-refractivity contribution in [2.45, 2.75) is 33.4 Å². The molecule has 0 aromatic heterocycles. The van der Waals surface area contributed by atoms with Crippen LogP contribution in [0.5, 0.6) is 5.75 Å². The van der Waals surface area contributed by atoms with Crippen LogP contribution in [0.15, 0.2) is 66.7 Å². The number of halogens is 1. The number of hydrogen-bond donors (Lipinski definition) is 1. The van der Waals surface area contributed by atoms with E-state index in [1.165, 1.54) is 11.1 Å². The third kappa shape index (κ3) is 4.93. The van der Waals surface area contributed by atoms with E-state index in [-0.39, 0.29) is 11.9 Å². The van der Waals surface area contributed by atoms with Gasteiger partial charge in [0.1, 0.15) is 12.4 Å². The van der Waals surface area contributed by atoms with Gasteiger partial charge in [0.2, 0.25) is 0 Å². The second-order valence-electron chi connectivity index (χ2n) is 6.95. The van der Waals surface area contributed by atoms with Gasteiger partial charge in [0.25, 0.3) is 5.91 Å².